The van der Waals surface area contributed by atoms with Gasteiger partial charge in [0.15, 0.2) is 5.25 Å². The average Bonchev–Trinajstić information content (AvgIpc) is 3.26. The lowest BCUT2D eigenvalue weighted by molar-refractivity contribution is -0.392. The van der Waals surface area contributed by atoms with Gasteiger partial charge in [-0.25, -0.2) is 14.5 Å². The van der Waals surface area contributed by atoms with Crippen LogP contribution in [0.25, 0.3) is 5.69 Å². The van der Waals surface area contributed by atoms with Gasteiger partial charge < -0.3 is 20.2 Å². The summed E-state index contributed by atoms with van der Waals surface area (Å²) in [6.45, 7) is 2.04. The minimum Gasteiger partial charge on any atom is -0.358 e. The molecule has 134 valence electrons. The molecule has 1 aromatic carbocycles. The molecule has 26 heavy (non-hydrogen) atoms. The fourth-order valence-electron chi connectivity index (χ4n) is 2.70. The number of rotatable bonds is 6. The van der Waals surface area contributed by atoms with Gasteiger partial charge >= 0.3 is 11.6 Å². The van der Waals surface area contributed by atoms with Gasteiger partial charge in [0.25, 0.3) is 0 Å². The number of nitrogens with zero attached hydrogens (tertiary/aromatic N) is 6. The zero-order chi connectivity index (χ0) is 18.8. The van der Waals surface area contributed by atoms with E-state index in [1.165, 1.54) is 9.13 Å². The van der Waals surface area contributed by atoms with Gasteiger partial charge in [0, 0.05) is 0 Å². The summed E-state index contributed by atoms with van der Waals surface area (Å²) in [7, 11) is 0. The first-order valence-corrected chi connectivity index (χ1v) is 8.12. The fourth-order valence-corrected chi connectivity index (χ4v) is 3.09. The highest BCUT2D eigenvalue weighted by Gasteiger charge is 2.33. The van der Waals surface area contributed by atoms with Crippen LogP contribution in [0.4, 0.5) is 11.6 Å². The molecule has 0 radical (unpaired) electrons. The van der Waals surface area contributed by atoms with Gasteiger partial charge in [0.05, 0.1) is 6.54 Å². The van der Waals surface area contributed by atoms with Crippen LogP contribution >= 0.6 is 12.6 Å². The smallest absolute Gasteiger partial charge is 0.348 e. The normalized spacial score (nSPS) is 12.1. The predicted octanol–water partition coefficient (Wildman–Crippen LogP) is 2.92. The Kier molecular flexibility index (Phi) is 4.71. The van der Waals surface area contributed by atoms with E-state index in [4.69, 9.17) is 0 Å². The molecule has 3 aromatic rings. The van der Waals surface area contributed by atoms with Crippen molar-refractivity contribution >= 4 is 24.3 Å². The molecule has 10 nitrogen and oxygen atoms in total. The van der Waals surface area contributed by atoms with E-state index in [2.05, 4.69) is 22.6 Å². The molecule has 0 saturated carbocycles. The highest BCUT2D eigenvalue weighted by Crippen LogP contribution is 2.33. The summed E-state index contributed by atoms with van der Waals surface area (Å²) in [5.41, 5.74) is 0.537. The van der Waals surface area contributed by atoms with E-state index in [0.717, 1.165) is 12.4 Å². The van der Waals surface area contributed by atoms with Crippen LogP contribution in [0, 0.1) is 20.2 Å². The van der Waals surface area contributed by atoms with Crippen LogP contribution in [0.3, 0.4) is 0 Å². The average molecular weight is 374 g/mol. The van der Waals surface area contributed by atoms with Crippen molar-refractivity contribution in [1.82, 2.24) is 19.1 Å². The van der Waals surface area contributed by atoms with Crippen LogP contribution in [-0.2, 0) is 6.54 Å². The van der Waals surface area contributed by atoms with Crippen LogP contribution < -0.4 is 0 Å². The summed E-state index contributed by atoms with van der Waals surface area (Å²) in [5, 5.41) is 21.7. The zero-order valence-corrected chi connectivity index (χ0v) is 14.5. The number of imidazole rings is 2. The van der Waals surface area contributed by atoms with Crippen molar-refractivity contribution < 1.29 is 9.85 Å². The molecular formula is C15H14N6O4S. The first-order valence-electron chi connectivity index (χ1n) is 7.61. The van der Waals surface area contributed by atoms with Gasteiger partial charge in [-0.15, -0.1) is 0 Å². The van der Waals surface area contributed by atoms with E-state index < -0.39 is 15.1 Å². The summed E-state index contributed by atoms with van der Waals surface area (Å²) in [6.07, 6.45) is 2.28. The molecule has 11 heteroatoms. The number of hydrogen-bond acceptors (Lipinski definition) is 7. The minimum atomic E-state index is -0.794. The van der Waals surface area contributed by atoms with Crippen molar-refractivity contribution in [2.24, 2.45) is 0 Å². The van der Waals surface area contributed by atoms with Gasteiger partial charge in [0.1, 0.15) is 18.1 Å². The Hall–Kier alpha value is -3.21. The Labute approximate surface area is 152 Å². The minimum absolute atomic E-state index is 0.172. The molecule has 0 N–H and O–H groups in total. The number of nitro groups is 2. The lowest BCUT2D eigenvalue weighted by atomic mass is 10.3. The van der Waals surface area contributed by atoms with Crippen LogP contribution in [0.5, 0.6) is 0 Å². The molecule has 0 amide bonds. The monoisotopic (exact) mass is 374 g/mol. The second kappa shape index (κ2) is 6.96. The molecule has 1 atom stereocenters. The van der Waals surface area contributed by atoms with Crippen LogP contribution in [-0.4, -0.2) is 28.9 Å². The SMILES string of the molecule is CCn1c([N+](=O)[O-])cnc1C(S)c1ncc([N+](=O)[O-])n1-c1ccccc1. The summed E-state index contributed by atoms with van der Waals surface area (Å²) >= 11 is 4.50. The maximum atomic E-state index is 11.4. The molecule has 0 saturated heterocycles. The number of benzene rings is 1. The molecule has 0 fully saturated rings. The van der Waals surface area contributed by atoms with Crippen molar-refractivity contribution in [2.45, 2.75) is 18.7 Å². The van der Waals surface area contributed by atoms with Crippen molar-refractivity contribution in [3.05, 3.63) is 74.6 Å². The maximum Gasteiger partial charge on any atom is 0.348 e. The molecule has 0 aliphatic heterocycles. The van der Waals surface area contributed by atoms with Crippen LogP contribution in [0.2, 0.25) is 0 Å². The van der Waals surface area contributed by atoms with E-state index in [-0.39, 0.29) is 17.5 Å². The summed E-state index contributed by atoms with van der Waals surface area (Å²) in [5.74, 6) is 0.143. The third-order valence-corrected chi connectivity index (χ3v) is 4.29. The molecule has 3 rings (SSSR count). The van der Waals surface area contributed by atoms with Crippen molar-refractivity contribution in [1.29, 1.82) is 0 Å². The lowest BCUT2D eigenvalue weighted by Crippen LogP contribution is -2.13. The maximum absolute atomic E-state index is 11.4. The molecule has 2 heterocycles. The topological polar surface area (TPSA) is 122 Å². The van der Waals surface area contributed by atoms with E-state index in [9.17, 15) is 20.2 Å². The number of para-hydroxylation sites is 1. The fraction of sp³-hybridized carbons (Fsp3) is 0.200. The highest BCUT2D eigenvalue weighted by molar-refractivity contribution is 7.80. The predicted molar refractivity (Wildman–Crippen MR) is 95.6 cm³/mol. The summed E-state index contributed by atoms with van der Waals surface area (Å²) < 4.78 is 2.76. The first kappa shape index (κ1) is 17.6. The number of hydrogen-bond donors (Lipinski definition) is 1. The zero-order valence-electron chi connectivity index (χ0n) is 13.6. The second-order valence-electron chi connectivity index (χ2n) is 5.28. The van der Waals surface area contributed by atoms with Gasteiger partial charge in [-0.2, -0.15) is 17.2 Å². The van der Waals surface area contributed by atoms with Crippen molar-refractivity contribution in [2.75, 3.05) is 0 Å². The van der Waals surface area contributed by atoms with Gasteiger partial charge in [-0.1, -0.05) is 18.2 Å². The molecule has 2 aromatic heterocycles. The Morgan fingerprint density at radius 3 is 2.19 bits per heavy atom. The van der Waals surface area contributed by atoms with E-state index in [1.807, 2.05) is 0 Å². The molecule has 0 bridgehead atoms. The molecule has 0 aliphatic rings. The number of thiol groups is 1. The first-order chi connectivity index (χ1) is 12.5. The molecule has 1 unspecified atom stereocenters. The largest absolute Gasteiger partial charge is 0.358 e. The third kappa shape index (κ3) is 2.92. The quantitative estimate of drug-likeness (QED) is 0.402. The lowest BCUT2D eigenvalue weighted by Gasteiger charge is -2.09. The van der Waals surface area contributed by atoms with Gasteiger partial charge in [-0.05, 0) is 28.9 Å². The van der Waals surface area contributed by atoms with Crippen LogP contribution in [0.15, 0.2) is 42.7 Å². The van der Waals surface area contributed by atoms with E-state index in [0.29, 0.717) is 18.1 Å². The number of aromatic nitrogens is 4. The Morgan fingerprint density at radius 1 is 1.04 bits per heavy atom. The Balaban J connectivity index is 2.16. The third-order valence-electron chi connectivity index (χ3n) is 3.83. The Bertz CT molecular complexity index is 968. The Morgan fingerprint density at radius 2 is 1.62 bits per heavy atom. The molecule has 0 aliphatic carbocycles. The summed E-state index contributed by atoms with van der Waals surface area (Å²) in [4.78, 5) is 29.7. The van der Waals surface area contributed by atoms with Gasteiger partial charge in [0.2, 0.25) is 11.6 Å². The second-order valence-corrected chi connectivity index (χ2v) is 5.80. The highest BCUT2D eigenvalue weighted by atomic mass is 32.1. The molecular weight excluding hydrogens is 360 g/mol. The van der Waals surface area contributed by atoms with E-state index in [1.54, 1.807) is 37.3 Å². The standard InChI is InChI=1S/C15H14N6O4S/c1-2-18-11(20(22)23)8-16-14(18)13(26)15-17-9-12(21(24)25)19(15)10-6-4-3-5-7-10/h3-9,13,26H,2H2,1H3. The van der Waals surface area contributed by atoms with E-state index >= 15 is 0 Å². The van der Waals surface area contributed by atoms with Crippen molar-refractivity contribution in [3.63, 3.8) is 0 Å². The van der Waals surface area contributed by atoms with Crippen molar-refractivity contribution in [3.8, 4) is 5.69 Å². The van der Waals surface area contributed by atoms with Crippen LogP contribution in [0.1, 0.15) is 23.8 Å². The van der Waals surface area contributed by atoms with Gasteiger partial charge in [-0.3, -0.25) is 0 Å². The summed E-state index contributed by atoms with van der Waals surface area (Å²) in [6, 6.07) is 8.68. The molecule has 0 spiro atoms.